The van der Waals surface area contributed by atoms with Gasteiger partial charge in [-0.1, -0.05) is 12.1 Å². The van der Waals surface area contributed by atoms with Crippen LogP contribution in [0.5, 0.6) is 5.75 Å². The lowest BCUT2D eigenvalue weighted by atomic mass is 10.2. The first kappa shape index (κ1) is 12.9. The highest BCUT2D eigenvalue weighted by Gasteiger charge is 2.11. The Morgan fingerprint density at radius 3 is 2.63 bits per heavy atom. The van der Waals surface area contributed by atoms with Crippen molar-refractivity contribution in [2.24, 2.45) is 0 Å². The Labute approximate surface area is 112 Å². The highest BCUT2D eigenvalue weighted by molar-refractivity contribution is 5.77. The lowest BCUT2D eigenvalue weighted by molar-refractivity contribution is 0.415. The van der Waals surface area contributed by atoms with Gasteiger partial charge >= 0.3 is 0 Å². The molecule has 1 aromatic heterocycles. The van der Waals surface area contributed by atoms with Gasteiger partial charge in [0.1, 0.15) is 6.33 Å². The predicted octanol–water partition coefficient (Wildman–Crippen LogP) is 1.88. The molecule has 0 fully saturated rings. The molecule has 3 N–H and O–H groups in total. The van der Waals surface area contributed by atoms with Crippen LogP contribution in [0.4, 0.5) is 23.0 Å². The van der Waals surface area contributed by atoms with Crippen molar-refractivity contribution in [1.82, 2.24) is 9.97 Å². The number of nitrogen functional groups attached to an aromatic ring is 1. The van der Waals surface area contributed by atoms with Crippen molar-refractivity contribution in [2.45, 2.75) is 0 Å². The third kappa shape index (κ3) is 2.67. The number of benzene rings is 1. The van der Waals surface area contributed by atoms with Gasteiger partial charge in [0.15, 0.2) is 11.6 Å². The van der Waals surface area contributed by atoms with Crippen molar-refractivity contribution in [3.8, 4) is 5.75 Å². The monoisotopic (exact) mass is 259 g/mol. The lowest BCUT2D eigenvalue weighted by Gasteiger charge is -2.19. The molecule has 1 aromatic carbocycles. The summed E-state index contributed by atoms with van der Waals surface area (Å²) in [4.78, 5) is 10.1. The van der Waals surface area contributed by atoms with Crippen LogP contribution in [0.3, 0.4) is 0 Å². The maximum absolute atomic E-state index is 5.76. The van der Waals surface area contributed by atoms with Crippen LogP contribution in [0.15, 0.2) is 30.6 Å². The zero-order chi connectivity index (χ0) is 13.8. The molecule has 100 valence electrons. The van der Waals surface area contributed by atoms with E-state index in [0.717, 1.165) is 11.4 Å². The van der Waals surface area contributed by atoms with Crippen LogP contribution in [0.2, 0.25) is 0 Å². The average Bonchev–Trinajstić information content (AvgIpc) is 2.39. The molecule has 0 bridgehead atoms. The zero-order valence-corrected chi connectivity index (χ0v) is 11.2. The van der Waals surface area contributed by atoms with Gasteiger partial charge in [0, 0.05) is 14.1 Å². The summed E-state index contributed by atoms with van der Waals surface area (Å²) in [5.74, 6) is 1.29. The molecular weight excluding hydrogens is 242 g/mol. The van der Waals surface area contributed by atoms with Gasteiger partial charge in [0.05, 0.1) is 18.5 Å². The van der Waals surface area contributed by atoms with Crippen LogP contribution in [0.25, 0.3) is 0 Å². The fourth-order valence-electron chi connectivity index (χ4n) is 1.77. The standard InChI is InChI=1S/C13H17N5O/c1-18(2)10-7-5-4-6-9(10)17-13-11(19-3)12(14)15-8-16-13/h4-8H,1-3H3,(H3,14,15,16,17). The quantitative estimate of drug-likeness (QED) is 0.873. The normalized spacial score (nSPS) is 10.1. The molecule has 6 nitrogen and oxygen atoms in total. The summed E-state index contributed by atoms with van der Waals surface area (Å²) >= 11 is 0. The number of nitrogens with one attached hydrogen (secondary N) is 1. The van der Waals surface area contributed by atoms with Crippen LogP contribution < -0.4 is 20.7 Å². The Morgan fingerprint density at radius 2 is 1.95 bits per heavy atom. The van der Waals surface area contributed by atoms with E-state index < -0.39 is 0 Å². The topological polar surface area (TPSA) is 76.3 Å². The van der Waals surface area contributed by atoms with E-state index in [1.54, 1.807) is 0 Å². The summed E-state index contributed by atoms with van der Waals surface area (Å²) < 4.78 is 5.22. The summed E-state index contributed by atoms with van der Waals surface area (Å²) in [6.07, 6.45) is 1.40. The second-order valence-electron chi connectivity index (χ2n) is 4.18. The number of nitrogens with zero attached hydrogens (tertiary/aromatic N) is 3. The van der Waals surface area contributed by atoms with Gasteiger partial charge in [-0.3, -0.25) is 0 Å². The number of methoxy groups -OCH3 is 1. The molecule has 0 aliphatic heterocycles. The minimum absolute atomic E-state index is 0.308. The maximum Gasteiger partial charge on any atom is 0.204 e. The first-order valence-electron chi connectivity index (χ1n) is 5.81. The first-order valence-corrected chi connectivity index (χ1v) is 5.81. The molecule has 2 rings (SSSR count). The van der Waals surface area contributed by atoms with Gasteiger partial charge in [-0.2, -0.15) is 0 Å². The summed E-state index contributed by atoms with van der Waals surface area (Å²) in [6.45, 7) is 0. The molecule has 0 aliphatic carbocycles. The molecule has 0 atom stereocenters. The summed E-state index contributed by atoms with van der Waals surface area (Å²) in [6, 6.07) is 7.91. The molecule has 0 amide bonds. The van der Waals surface area contributed by atoms with E-state index in [1.807, 2.05) is 43.3 Å². The van der Waals surface area contributed by atoms with E-state index in [4.69, 9.17) is 10.5 Å². The Morgan fingerprint density at radius 1 is 1.21 bits per heavy atom. The van der Waals surface area contributed by atoms with Crippen molar-refractivity contribution in [3.05, 3.63) is 30.6 Å². The Hall–Kier alpha value is -2.50. The molecule has 1 heterocycles. The van der Waals surface area contributed by atoms with Crippen molar-refractivity contribution in [3.63, 3.8) is 0 Å². The fourth-order valence-corrected chi connectivity index (χ4v) is 1.77. The molecule has 0 saturated carbocycles. The third-order valence-electron chi connectivity index (χ3n) is 2.67. The number of hydrogen-bond acceptors (Lipinski definition) is 6. The van der Waals surface area contributed by atoms with E-state index in [0.29, 0.717) is 17.4 Å². The Bertz CT molecular complexity index is 571. The second-order valence-corrected chi connectivity index (χ2v) is 4.18. The van der Waals surface area contributed by atoms with Crippen LogP contribution in [0, 0.1) is 0 Å². The lowest BCUT2D eigenvalue weighted by Crippen LogP contribution is -2.11. The van der Waals surface area contributed by atoms with E-state index in [9.17, 15) is 0 Å². The summed E-state index contributed by atoms with van der Waals surface area (Å²) in [5.41, 5.74) is 7.72. The fraction of sp³-hybridized carbons (Fsp3) is 0.231. The van der Waals surface area contributed by atoms with Gasteiger partial charge in [-0.15, -0.1) is 0 Å². The van der Waals surface area contributed by atoms with E-state index in [2.05, 4.69) is 15.3 Å². The van der Waals surface area contributed by atoms with E-state index >= 15 is 0 Å². The van der Waals surface area contributed by atoms with E-state index in [-0.39, 0.29) is 0 Å². The van der Waals surface area contributed by atoms with Gasteiger partial charge in [-0.25, -0.2) is 9.97 Å². The Balaban J connectivity index is 2.39. The van der Waals surface area contributed by atoms with Crippen LogP contribution >= 0.6 is 0 Å². The van der Waals surface area contributed by atoms with Crippen LogP contribution in [0.1, 0.15) is 0 Å². The number of anilines is 4. The maximum atomic E-state index is 5.76. The molecule has 0 aliphatic rings. The summed E-state index contributed by atoms with van der Waals surface area (Å²) in [7, 11) is 5.50. The Kier molecular flexibility index (Phi) is 3.70. The van der Waals surface area contributed by atoms with Crippen molar-refractivity contribution < 1.29 is 4.74 Å². The minimum atomic E-state index is 0.308. The van der Waals surface area contributed by atoms with Crippen molar-refractivity contribution in [2.75, 3.05) is 37.2 Å². The van der Waals surface area contributed by atoms with Crippen LogP contribution in [-0.2, 0) is 0 Å². The third-order valence-corrected chi connectivity index (χ3v) is 2.67. The van der Waals surface area contributed by atoms with Crippen molar-refractivity contribution in [1.29, 1.82) is 0 Å². The van der Waals surface area contributed by atoms with E-state index in [1.165, 1.54) is 13.4 Å². The average molecular weight is 259 g/mol. The highest BCUT2D eigenvalue weighted by atomic mass is 16.5. The molecule has 19 heavy (non-hydrogen) atoms. The predicted molar refractivity (Wildman–Crippen MR) is 77.0 cm³/mol. The van der Waals surface area contributed by atoms with Gasteiger partial charge in [-0.05, 0) is 12.1 Å². The molecule has 0 spiro atoms. The van der Waals surface area contributed by atoms with Gasteiger partial charge in [0.25, 0.3) is 0 Å². The minimum Gasteiger partial charge on any atom is -0.490 e. The SMILES string of the molecule is COc1c(N)ncnc1Nc1ccccc1N(C)C. The van der Waals surface area contributed by atoms with Crippen LogP contribution in [-0.4, -0.2) is 31.2 Å². The molecule has 2 aromatic rings. The molecule has 0 radical (unpaired) electrons. The largest absolute Gasteiger partial charge is 0.490 e. The number of aromatic nitrogens is 2. The molecule has 6 heteroatoms. The number of nitrogens with two attached hydrogens (primary N) is 1. The second kappa shape index (κ2) is 5.43. The number of hydrogen-bond donors (Lipinski definition) is 2. The highest BCUT2D eigenvalue weighted by Crippen LogP contribution is 2.32. The van der Waals surface area contributed by atoms with Crippen molar-refractivity contribution >= 4 is 23.0 Å². The smallest absolute Gasteiger partial charge is 0.204 e. The number of ether oxygens (including phenoxy) is 1. The first-order chi connectivity index (χ1) is 9.13. The van der Waals surface area contributed by atoms with Gasteiger partial charge in [0.2, 0.25) is 5.75 Å². The number of para-hydroxylation sites is 2. The molecule has 0 unspecified atom stereocenters. The molecule has 0 saturated heterocycles. The number of rotatable bonds is 4. The van der Waals surface area contributed by atoms with Gasteiger partial charge < -0.3 is 20.7 Å². The zero-order valence-electron chi connectivity index (χ0n) is 11.2. The molecular formula is C13H17N5O. The summed E-state index contributed by atoms with van der Waals surface area (Å²) in [5, 5.41) is 3.22.